The highest BCUT2D eigenvalue weighted by Gasteiger charge is 2.38. The lowest BCUT2D eigenvalue weighted by atomic mass is 9.84. The lowest BCUT2D eigenvalue weighted by Gasteiger charge is -2.26. The summed E-state index contributed by atoms with van der Waals surface area (Å²) in [5.41, 5.74) is 1.11. The molecule has 2 aliphatic heterocycles. The lowest BCUT2D eigenvalue weighted by Crippen LogP contribution is -2.21. The van der Waals surface area contributed by atoms with Crippen molar-refractivity contribution in [3.63, 3.8) is 0 Å². The number of carbonyl (C=O) groups is 3. The first-order chi connectivity index (χ1) is 16.2. The molecular weight excluding hydrogens is 453 g/mol. The first-order valence-electron chi connectivity index (χ1n) is 10.0. The molecule has 1 N–H and O–H groups in total. The molecule has 6 nitrogen and oxygen atoms in total. The molecule has 0 radical (unpaired) electrons. The standard InChI is InChI=1S/C25H13F3O6/c26-16-7-11(8-17(27)22(16)28)9-19-23(30)14-5-6-18-21(24(14)34-19)15(10-20(29)33-18)12-1-3-13(4-2-12)25(31)32/h1-9,15H,10H2,(H,31,32)/b19-9-/t15-/m0/s1. The van der Waals surface area contributed by atoms with E-state index in [0.29, 0.717) is 11.1 Å². The maximum atomic E-state index is 13.6. The third kappa shape index (κ3) is 3.51. The molecule has 5 rings (SSSR count). The number of rotatable bonds is 3. The van der Waals surface area contributed by atoms with Gasteiger partial charge in [-0.15, -0.1) is 0 Å². The molecule has 0 spiro atoms. The maximum Gasteiger partial charge on any atom is 0.335 e. The summed E-state index contributed by atoms with van der Waals surface area (Å²) in [5, 5.41) is 9.14. The SMILES string of the molecule is O=C1C[C@@H](c2ccc(C(=O)O)cc2)c2c(ccc3c2O/C(=C\c2cc(F)c(F)c(F)c2)C3=O)O1. The van der Waals surface area contributed by atoms with Gasteiger partial charge in [-0.2, -0.15) is 0 Å². The summed E-state index contributed by atoms with van der Waals surface area (Å²) in [6.07, 6.45) is 1.01. The van der Waals surface area contributed by atoms with Crippen molar-refractivity contribution in [1.29, 1.82) is 0 Å². The summed E-state index contributed by atoms with van der Waals surface area (Å²) in [6.45, 7) is 0. The number of benzene rings is 3. The Hall–Kier alpha value is -4.40. The minimum atomic E-state index is -1.63. The molecular formula is C25H13F3O6. The number of carboxylic acid groups (broad SMARTS) is 1. The van der Waals surface area contributed by atoms with E-state index in [0.717, 1.165) is 18.2 Å². The van der Waals surface area contributed by atoms with Crippen LogP contribution in [0.2, 0.25) is 0 Å². The largest absolute Gasteiger partial charge is 0.478 e. The van der Waals surface area contributed by atoms with Gasteiger partial charge in [0.25, 0.3) is 0 Å². The van der Waals surface area contributed by atoms with Crippen LogP contribution in [0.25, 0.3) is 6.08 Å². The number of carbonyl (C=O) groups excluding carboxylic acids is 2. The summed E-state index contributed by atoms with van der Waals surface area (Å²) in [4.78, 5) is 36.3. The van der Waals surface area contributed by atoms with E-state index in [4.69, 9.17) is 14.6 Å². The van der Waals surface area contributed by atoms with Crippen molar-refractivity contribution in [2.75, 3.05) is 0 Å². The quantitative estimate of drug-likeness (QED) is 0.257. The summed E-state index contributed by atoms with van der Waals surface area (Å²) < 4.78 is 51.6. The van der Waals surface area contributed by atoms with Gasteiger partial charge in [-0.05, 0) is 53.6 Å². The number of hydrogen-bond acceptors (Lipinski definition) is 5. The number of carboxylic acids is 1. The minimum absolute atomic E-state index is 0.0658. The fourth-order valence-electron chi connectivity index (χ4n) is 4.06. The third-order valence-electron chi connectivity index (χ3n) is 5.64. The number of halogens is 3. The van der Waals surface area contributed by atoms with Crippen LogP contribution in [0.1, 0.15) is 49.7 Å². The van der Waals surface area contributed by atoms with Gasteiger partial charge in [0.2, 0.25) is 5.78 Å². The van der Waals surface area contributed by atoms with Gasteiger partial charge in [0.15, 0.2) is 23.2 Å². The van der Waals surface area contributed by atoms with Crippen molar-refractivity contribution >= 4 is 23.8 Å². The molecule has 2 heterocycles. The molecule has 0 saturated carbocycles. The summed E-state index contributed by atoms with van der Waals surface area (Å²) in [7, 11) is 0. The Morgan fingerprint density at radius 1 is 0.971 bits per heavy atom. The molecule has 0 fully saturated rings. The molecule has 3 aromatic rings. The zero-order valence-corrected chi connectivity index (χ0v) is 17.1. The summed E-state index contributed by atoms with van der Waals surface area (Å²) >= 11 is 0. The van der Waals surface area contributed by atoms with Crippen molar-refractivity contribution < 1.29 is 42.1 Å². The zero-order chi connectivity index (χ0) is 24.1. The fraction of sp³-hybridized carbons (Fsp3) is 0.0800. The van der Waals surface area contributed by atoms with E-state index in [2.05, 4.69) is 0 Å². The molecule has 3 aromatic carbocycles. The van der Waals surface area contributed by atoms with Crippen molar-refractivity contribution in [1.82, 2.24) is 0 Å². The van der Waals surface area contributed by atoms with E-state index in [1.54, 1.807) is 12.1 Å². The Labute approximate surface area is 189 Å². The van der Waals surface area contributed by atoms with Gasteiger partial charge in [-0.3, -0.25) is 9.59 Å². The molecule has 2 aliphatic rings. The van der Waals surface area contributed by atoms with Crippen LogP contribution >= 0.6 is 0 Å². The summed E-state index contributed by atoms with van der Waals surface area (Å²) in [6, 6.07) is 10.2. The van der Waals surface area contributed by atoms with E-state index in [-0.39, 0.29) is 40.4 Å². The molecule has 9 heteroatoms. The number of Topliss-reactive ketones (excluding diaryl/α,β-unsaturated/α-hetero) is 1. The van der Waals surface area contributed by atoms with Crippen LogP contribution in [0, 0.1) is 17.5 Å². The Kier molecular flexibility index (Phi) is 4.97. The Morgan fingerprint density at radius 3 is 2.29 bits per heavy atom. The second kappa shape index (κ2) is 7.87. The Morgan fingerprint density at radius 2 is 1.65 bits per heavy atom. The average Bonchev–Trinajstić information content (AvgIpc) is 3.12. The smallest absolute Gasteiger partial charge is 0.335 e. The van der Waals surface area contributed by atoms with Gasteiger partial charge in [-0.25, -0.2) is 18.0 Å². The Balaban J connectivity index is 1.59. The molecule has 0 aliphatic carbocycles. The number of hydrogen-bond donors (Lipinski definition) is 1. The monoisotopic (exact) mass is 466 g/mol. The number of fused-ring (bicyclic) bond motifs is 3. The molecule has 0 amide bonds. The molecule has 1 atom stereocenters. The van der Waals surface area contributed by atoms with Crippen LogP contribution in [0.4, 0.5) is 13.2 Å². The van der Waals surface area contributed by atoms with Gasteiger partial charge in [0.1, 0.15) is 11.5 Å². The summed E-state index contributed by atoms with van der Waals surface area (Å²) in [5.74, 6) is -7.19. The van der Waals surface area contributed by atoms with Gasteiger partial charge in [0.05, 0.1) is 17.5 Å². The predicted molar refractivity (Wildman–Crippen MR) is 111 cm³/mol. The highest BCUT2D eigenvalue weighted by Crippen LogP contribution is 2.49. The highest BCUT2D eigenvalue weighted by atomic mass is 19.2. The number of esters is 1. The van der Waals surface area contributed by atoms with Crippen LogP contribution in [-0.2, 0) is 4.79 Å². The van der Waals surface area contributed by atoms with Crippen LogP contribution in [-0.4, -0.2) is 22.8 Å². The minimum Gasteiger partial charge on any atom is -0.478 e. The van der Waals surface area contributed by atoms with E-state index in [1.165, 1.54) is 24.3 Å². The molecule has 0 aromatic heterocycles. The molecule has 34 heavy (non-hydrogen) atoms. The first kappa shape index (κ1) is 21.4. The molecule has 170 valence electrons. The van der Waals surface area contributed by atoms with Crippen molar-refractivity contribution in [3.05, 3.63) is 99.6 Å². The van der Waals surface area contributed by atoms with E-state index >= 15 is 0 Å². The van der Waals surface area contributed by atoms with E-state index < -0.39 is 41.1 Å². The van der Waals surface area contributed by atoms with Gasteiger partial charge in [-0.1, -0.05) is 12.1 Å². The third-order valence-corrected chi connectivity index (χ3v) is 5.64. The Bertz CT molecular complexity index is 1400. The normalized spacial score (nSPS) is 17.7. The second-order valence-corrected chi connectivity index (χ2v) is 7.75. The molecule has 0 saturated heterocycles. The van der Waals surface area contributed by atoms with Crippen molar-refractivity contribution in [3.8, 4) is 11.5 Å². The van der Waals surface area contributed by atoms with Crippen LogP contribution in [0.15, 0.2) is 54.3 Å². The topological polar surface area (TPSA) is 89.9 Å². The van der Waals surface area contributed by atoms with Crippen LogP contribution in [0.5, 0.6) is 11.5 Å². The number of aromatic carboxylic acids is 1. The van der Waals surface area contributed by atoms with Gasteiger partial charge >= 0.3 is 11.9 Å². The van der Waals surface area contributed by atoms with Crippen molar-refractivity contribution in [2.24, 2.45) is 0 Å². The fourth-order valence-corrected chi connectivity index (χ4v) is 4.06. The molecule has 0 unspecified atom stereocenters. The zero-order valence-electron chi connectivity index (χ0n) is 17.1. The lowest BCUT2D eigenvalue weighted by molar-refractivity contribution is -0.135. The number of ketones is 1. The van der Waals surface area contributed by atoms with Gasteiger partial charge in [0, 0.05) is 11.5 Å². The van der Waals surface area contributed by atoms with Crippen LogP contribution in [0.3, 0.4) is 0 Å². The van der Waals surface area contributed by atoms with E-state index in [9.17, 15) is 27.6 Å². The van der Waals surface area contributed by atoms with E-state index in [1.807, 2.05) is 0 Å². The van der Waals surface area contributed by atoms with Crippen molar-refractivity contribution in [2.45, 2.75) is 12.3 Å². The predicted octanol–water partition coefficient (Wildman–Crippen LogP) is 4.86. The average molecular weight is 466 g/mol. The second-order valence-electron chi connectivity index (χ2n) is 7.75. The highest BCUT2D eigenvalue weighted by molar-refractivity contribution is 6.15. The number of ether oxygens (including phenoxy) is 2. The molecule has 0 bridgehead atoms. The van der Waals surface area contributed by atoms with Gasteiger partial charge < -0.3 is 14.6 Å². The van der Waals surface area contributed by atoms with Crippen LogP contribution < -0.4 is 9.47 Å². The number of allylic oxidation sites excluding steroid dienone is 1. The maximum absolute atomic E-state index is 13.6. The first-order valence-corrected chi connectivity index (χ1v) is 10.0.